The maximum absolute atomic E-state index is 12.9. The van der Waals surface area contributed by atoms with E-state index < -0.39 is 177 Å². The van der Waals surface area contributed by atoms with Crippen LogP contribution in [0, 0.1) is 45.3 Å². The molecule has 8 aliphatic rings. The van der Waals surface area contributed by atoms with E-state index >= 15 is 0 Å². The maximum atomic E-state index is 12.9. The molecule has 15 N–H and O–H groups in total. The lowest BCUT2D eigenvalue weighted by Crippen LogP contribution is -2.68. The highest BCUT2D eigenvalue weighted by atomic mass is 17.1. The Balaban J connectivity index is 1.02. The minimum absolute atomic E-state index is 0.00685. The molecule has 8 fully saturated rings. The van der Waals surface area contributed by atoms with Crippen molar-refractivity contribution in [3.8, 4) is 0 Å². The standard InChI is InChI=1S/C53H90O24/c1-22(2)26(77-68)10-16-53(8,76-47-43(67)39(63)37(61)29(73-47)21-70-45-41(65)34(58)25(57)20-69-45)23-9-14-52(7)33(23)24(56)17-31-50(5)13-12-32(49(3,4)30(50)11-15-51(31,52)6)74-48-44(40(64)36(60)28(19-55)72-48)75-46-42(66)38(62)35(59)27(18-54)71-46/h23-48,54-68H,1,9-21H2,2-8H3/t23-,24+,25+,26?,27+,28+,29+,30-,31+,32-,33-,34-,35+,36+,37+,38-,39-,40-,41+,42+,43+,44+,45-,46-,47-,48-,50-,51+,52+,53-/m0/s1. The number of aliphatic hydroxyl groups excluding tert-OH is 14. The lowest BCUT2D eigenvalue weighted by molar-refractivity contribution is -0.378. The van der Waals surface area contributed by atoms with Crippen LogP contribution in [0.4, 0.5) is 0 Å². The average Bonchev–Trinajstić information content (AvgIpc) is 4.03. The van der Waals surface area contributed by atoms with Crippen molar-refractivity contribution in [1.29, 1.82) is 0 Å². The summed E-state index contributed by atoms with van der Waals surface area (Å²) < 4.78 is 48.6. The van der Waals surface area contributed by atoms with Crippen molar-refractivity contribution in [1.82, 2.24) is 0 Å². The van der Waals surface area contributed by atoms with Gasteiger partial charge in [-0.15, -0.1) is 0 Å². The Morgan fingerprint density at radius 1 is 0.623 bits per heavy atom. The van der Waals surface area contributed by atoms with Gasteiger partial charge in [-0.2, -0.15) is 0 Å². The zero-order valence-corrected chi connectivity index (χ0v) is 45.3. The molecule has 8 rings (SSSR count). The molecule has 0 spiro atoms. The number of rotatable bonds is 17. The van der Waals surface area contributed by atoms with Gasteiger partial charge in [-0.25, -0.2) is 4.89 Å². The van der Waals surface area contributed by atoms with E-state index in [2.05, 4.69) is 41.2 Å². The lowest BCUT2D eigenvalue weighted by Gasteiger charge is -2.71. The molecule has 24 nitrogen and oxygen atoms in total. The summed E-state index contributed by atoms with van der Waals surface area (Å²) in [5.41, 5.74) is -2.50. The van der Waals surface area contributed by atoms with Crippen LogP contribution in [0.3, 0.4) is 0 Å². The Morgan fingerprint density at radius 3 is 1.82 bits per heavy atom. The molecule has 24 heteroatoms. The third-order valence-electron chi connectivity index (χ3n) is 20.9. The Labute approximate surface area is 449 Å². The monoisotopic (exact) mass is 1110 g/mol. The predicted octanol–water partition coefficient (Wildman–Crippen LogP) is -2.10. The Kier molecular flexibility index (Phi) is 18.8. The van der Waals surface area contributed by atoms with Crippen molar-refractivity contribution in [2.45, 2.75) is 247 Å². The Morgan fingerprint density at radius 2 is 1.19 bits per heavy atom. The maximum Gasteiger partial charge on any atom is 0.187 e. The number of ether oxygens (including phenoxy) is 8. The van der Waals surface area contributed by atoms with Gasteiger partial charge in [0.05, 0.1) is 44.2 Å². The smallest absolute Gasteiger partial charge is 0.187 e. The molecule has 4 aliphatic carbocycles. The van der Waals surface area contributed by atoms with Gasteiger partial charge >= 0.3 is 0 Å². The zero-order valence-electron chi connectivity index (χ0n) is 45.3. The molecule has 0 aromatic rings. The molecule has 4 aliphatic heterocycles. The van der Waals surface area contributed by atoms with Gasteiger partial charge in [0, 0.05) is 0 Å². The molecule has 0 bridgehead atoms. The van der Waals surface area contributed by atoms with E-state index in [0.29, 0.717) is 37.7 Å². The number of fused-ring (bicyclic) bond motifs is 5. The van der Waals surface area contributed by atoms with Crippen molar-refractivity contribution in [2.24, 2.45) is 45.3 Å². The van der Waals surface area contributed by atoms with Crippen LogP contribution in [0.1, 0.15) is 106 Å². The Hall–Kier alpha value is -1.22. The molecule has 0 aromatic carbocycles. The summed E-state index contributed by atoms with van der Waals surface area (Å²) in [5, 5.41) is 161. The summed E-state index contributed by atoms with van der Waals surface area (Å²) in [5.74, 6) is -0.762. The van der Waals surface area contributed by atoms with Crippen LogP contribution in [0.15, 0.2) is 12.2 Å². The molecule has 4 saturated carbocycles. The first-order valence-corrected chi connectivity index (χ1v) is 27.6. The third-order valence-corrected chi connectivity index (χ3v) is 20.9. The number of aliphatic hydroxyl groups is 14. The third kappa shape index (κ3) is 10.9. The first-order chi connectivity index (χ1) is 36.0. The second-order valence-corrected chi connectivity index (χ2v) is 25.5. The molecule has 77 heavy (non-hydrogen) atoms. The summed E-state index contributed by atoms with van der Waals surface area (Å²) in [6.45, 7) is 16.4. The second-order valence-electron chi connectivity index (χ2n) is 25.5. The van der Waals surface area contributed by atoms with Crippen molar-refractivity contribution >= 4 is 0 Å². The molecule has 30 atom stereocenters. The molecule has 4 saturated heterocycles. The van der Waals surface area contributed by atoms with Gasteiger partial charge in [0.1, 0.15) is 97.7 Å². The highest BCUT2D eigenvalue weighted by Gasteiger charge is 2.72. The van der Waals surface area contributed by atoms with Crippen LogP contribution in [-0.4, -0.2) is 244 Å². The van der Waals surface area contributed by atoms with E-state index in [1.54, 1.807) is 6.92 Å². The van der Waals surface area contributed by atoms with Gasteiger partial charge in [0.15, 0.2) is 25.2 Å². The minimum Gasteiger partial charge on any atom is -0.394 e. The molecule has 0 aromatic heterocycles. The molecule has 0 radical (unpaired) electrons. The summed E-state index contributed by atoms with van der Waals surface area (Å²) in [4.78, 5) is 4.85. The van der Waals surface area contributed by atoms with Gasteiger partial charge in [-0.3, -0.25) is 5.26 Å². The first-order valence-electron chi connectivity index (χ1n) is 27.6. The number of hydrogen-bond acceptors (Lipinski definition) is 24. The quantitative estimate of drug-likeness (QED) is 0.0321. The van der Waals surface area contributed by atoms with Gasteiger partial charge in [-0.05, 0) is 123 Å². The minimum atomic E-state index is -1.83. The van der Waals surface area contributed by atoms with Crippen LogP contribution in [-0.2, 0) is 42.8 Å². The lowest BCUT2D eigenvalue weighted by atomic mass is 9.35. The van der Waals surface area contributed by atoms with Crippen LogP contribution in [0.2, 0.25) is 0 Å². The van der Waals surface area contributed by atoms with Gasteiger partial charge in [0.2, 0.25) is 0 Å². The topological polar surface area (TPSA) is 387 Å². The molecule has 1 unspecified atom stereocenters. The summed E-state index contributed by atoms with van der Waals surface area (Å²) in [6.07, 6.45) is -27.5. The summed E-state index contributed by atoms with van der Waals surface area (Å²) in [6, 6.07) is 0. The van der Waals surface area contributed by atoms with E-state index in [9.17, 15) is 76.7 Å². The van der Waals surface area contributed by atoms with E-state index in [1.165, 1.54) is 0 Å². The van der Waals surface area contributed by atoms with Crippen molar-refractivity contribution < 1.29 is 120 Å². The van der Waals surface area contributed by atoms with Crippen molar-refractivity contribution in [3.05, 3.63) is 12.2 Å². The fourth-order valence-electron chi connectivity index (χ4n) is 16.1. The van der Waals surface area contributed by atoms with E-state index in [0.717, 1.165) is 12.8 Å². The highest BCUT2D eigenvalue weighted by Crippen LogP contribution is 2.76. The van der Waals surface area contributed by atoms with Crippen LogP contribution in [0.5, 0.6) is 0 Å². The predicted molar refractivity (Wildman–Crippen MR) is 263 cm³/mol. The fraction of sp³-hybridized carbons (Fsp3) is 0.962. The SMILES string of the molecule is C=C(C)C(CC[C@](C)(O[C@@H]1O[C@H](CO[C@@H]2OC[C@@H](O)[C@H](O)[C@H]2O)[C@@H](O)[C@H](O)[C@H]1O)[C@H]1CC[C@]2(C)[C@@H]1[C@H](O)C[C@@H]1[C@@]3(C)CC[C@H](O[C@@H]4O[C@H](CO)[C@@H](O)[C@H](O)[C@H]4O[C@@H]4O[C@H](CO)[C@@H](O)[C@H](O)[C@H]4O)C(C)(C)[C@@H]3CC[C@]12C)OO. The van der Waals surface area contributed by atoms with E-state index in [4.69, 9.17) is 42.8 Å². The molecular weight excluding hydrogens is 1020 g/mol. The van der Waals surface area contributed by atoms with Crippen molar-refractivity contribution in [2.75, 3.05) is 26.4 Å². The molecular formula is C53H90O24. The zero-order chi connectivity index (χ0) is 56.6. The van der Waals surface area contributed by atoms with Crippen LogP contribution < -0.4 is 0 Å². The van der Waals surface area contributed by atoms with Crippen LogP contribution in [0.25, 0.3) is 0 Å². The number of hydrogen-bond donors (Lipinski definition) is 15. The van der Waals surface area contributed by atoms with Gasteiger partial charge < -0.3 is 109 Å². The molecule has 4 heterocycles. The average molecular weight is 1110 g/mol. The van der Waals surface area contributed by atoms with Crippen LogP contribution >= 0.6 is 0 Å². The highest BCUT2D eigenvalue weighted by molar-refractivity contribution is 5.20. The normalized spacial score (nSPS) is 52.2. The summed E-state index contributed by atoms with van der Waals surface area (Å²) in [7, 11) is 0. The van der Waals surface area contributed by atoms with Gasteiger partial charge in [0.25, 0.3) is 0 Å². The van der Waals surface area contributed by atoms with Crippen molar-refractivity contribution in [3.63, 3.8) is 0 Å². The second kappa shape index (κ2) is 23.4. The van der Waals surface area contributed by atoms with E-state index in [1.807, 2.05) is 6.92 Å². The first kappa shape index (κ1) is 61.8. The van der Waals surface area contributed by atoms with Gasteiger partial charge in [-0.1, -0.05) is 41.2 Å². The fourth-order valence-corrected chi connectivity index (χ4v) is 16.1. The Bertz CT molecular complexity index is 1990. The largest absolute Gasteiger partial charge is 0.394 e. The summed E-state index contributed by atoms with van der Waals surface area (Å²) >= 11 is 0. The molecule has 0 amide bonds. The molecule has 446 valence electrons. The van der Waals surface area contributed by atoms with E-state index in [-0.39, 0.29) is 48.0 Å².